The molecule has 3 aliphatic heterocycles. The summed E-state index contributed by atoms with van der Waals surface area (Å²) in [5.74, 6) is -1.40. The van der Waals surface area contributed by atoms with Crippen LogP contribution in [0.15, 0.2) is 36.5 Å². The molecule has 286 valence electrons. The second kappa shape index (κ2) is 14.0. The van der Waals surface area contributed by atoms with Crippen molar-refractivity contribution in [2.75, 3.05) is 19.8 Å². The molecule has 2 aliphatic carbocycles. The highest BCUT2D eigenvalue weighted by Gasteiger charge is 2.63. The van der Waals surface area contributed by atoms with Gasteiger partial charge in [-0.1, -0.05) is 19.1 Å². The maximum absolute atomic E-state index is 14.5. The molecule has 17 heteroatoms. The monoisotopic (exact) mass is 755 g/mol. The lowest BCUT2D eigenvalue weighted by Crippen LogP contribution is -2.60. The molecular formula is C36H45N5O11S. The van der Waals surface area contributed by atoms with Crippen LogP contribution in [0.5, 0.6) is 17.4 Å². The van der Waals surface area contributed by atoms with Crippen molar-refractivity contribution in [3.8, 4) is 17.4 Å². The number of aromatic nitrogens is 1. The third-order valence-corrected chi connectivity index (χ3v) is 13.1. The number of nitrogens with zero attached hydrogens (tertiary/aromatic N) is 2. The zero-order valence-corrected chi connectivity index (χ0v) is 30.6. The predicted octanol–water partition coefficient (Wildman–Crippen LogP) is 2.40. The number of hydrogen-bond donors (Lipinski definition) is 4. The molecule has 3 fully saturated rings. The normalized spacial score (nSPS) is 31.5. The van der Waals surface area contributed by atoms with Gasteiger partial charge in [0.15, 0.2) is 11.5 Å². The Morgan fingerprint density at radius 1 is 1.15 bits per heavy atom. The molecule has 2 aromatic rings. The van der Waals surface area contributed by atoms with E-state index in [1.54, 1.807) is 44.3 Å². The maximum atomic E-state index is 14.5. The highest BCUT2D eigenvalue weighted by molar-refractivity contribution is 7.91. The molecule has 53 heavy (non-hydrogen) atoms. The van der Waals surface area contributed by atoms with Crippen molar-refractivity contribution < 1.29 is 51.6 Å². The maximum Gasteiger partial charge on any atom is 0.405 e. The predicted molar refractivity (Wildman–Crippen MR) is 189 cm³/mol. The van der Waals surface area contributed by atoms with Gasteiger partial charge < -0.3 is 39.6 Å². The first-order valence-corrected chi connectivity index (χ1v) is 19.6. The highest BCUT2D eigenvalue weighted by atomic mass is 32.2. The van der Waals surface area contributed by atoms with E-state index < -0.39 is 74.3 Å². The van der Waals surface area contributed by atoms with E-state index in [-0.39, 0.29) is 37.8 Å². The molecule has 4 heterocycles. The van der Waals surface area contributed by atoms with Crippen LogP contribution in [0, 0.1) is 5.92 Å². The van der Waals surface area contributed by atoms with Crippen LogP contribution in [0.4, 0.5) is 4.79 Å². The molecule has 0 spiro atoms. The summed E-state index contributed by atoms with van der Waals surface area (Å²) in [5.41, 5.74) is -1.58. The fraction of sp³-hybridized carbons (Fsp3) is 0.583. The number of nitrogens with one attached hydrogen (secondary N) is 3. The van der Waals surface area contributed by atoms with Crippen molar-refractivity contribution in [3.63, 3.8) is 0 Å². The van der Waals surface area contributed by atoms with Crippen molar-refractivity contribution in [2.24, 2.45) is 5.92 Å². The van der Waals surface area contributed by atoms with Crippen LogP contribution in [-0.2, 0) is 29.1 Å². The molecule has 1 aromatic heterocycles. The lowest BCUT2D eigenvalue weighted by atomic mass is 10.0. The van der Waals surface area contributed by atoms with Gasteiger partial charge in [0.2, 0.25) is 27.7 Å². The van der Waals surface area contributed by atoms with E-state index in [2.05, 4.69) is 20.3 Å². The lowest BCUT2D eigenvalue weighted by Gasteiger charge is -2.33. The second-order valence-electron chi connectivity index (χ2n) is 14.8. The fourth-order valence-corrected chi connectivity index (χ4v) is 8.74. The van der Waals surface area contributed by atoms with Crippen LogP contribution < -0.4 is 29.6 Å². The number of pyridine rings is 1. The number of hydrogen-bond acceptors (Lipinski definition) is 11. The third kappa shape index (κ3) is 7.07. The van der Waals surface area contributed by atoms with Gasteiger partial charge in [0.25, 0.3) is 5.91 Å². The van der Waals surface area contributed by atoms with Crippen molar-refractivity contribution in [1.29, 1.82) is 0 Å². The Balaban J connectivity index is 1.22. The number of allylic oxidation sites excluding steroid dienone is 1. The number of rotatable bonds is 7. The van der Waals surface area contributed by atoms with Crippen LogP contribution >= 0.6 is 0 Å². The van der Waals surface area contributed by atoms with Gasteiger partial charge >= 0.3 is 6.09 Å². The summed E-state index contributed by atoms with van der Waals surface area (Å²) in [4.78, 5) is 60.4. The average Bonchev–Trinajstić information content (AvgIpc) is 4.01. The minimum absolute atomic E-state index is 0.0391. The SMILES string of the molecule is CC[C@@H]1O[C@H](C)CC/C=C\[C@@H]2CC2(C(=O)NS(=O)(=O)C2(C)CC2)NC(=O)[C@@H]2C[C@@H](Oc3nccc4c5c(ccc34)OCCO5)CN2C(=O)[C@H]1NC(=O)O. The van der Waals surface area contributed by atoms with Crippen molar-refractivity contribution >= 4 is 44.6 Å². The number of fused-ring (bicyclic) bond motifs is 5. The van der Waals surface area contributed by atoms with Gasteiger partial charge in [0.1, 0.15) is 36.9 Å². The highest BCUT2D eigenvalue weighted by Crippen LogP contribution is 2.48. The molecule has 4 amide bonds. The summed E-state index contributed by atoms with van der Waals surface area (Å²) >= 11 is 0. The number of carboxylic acid groups (broad SMARTS) is 1. The second-order valence-corrected chi connectivity index (χ2v) is 17.0. The molecule has 1 aromatic carbocycles. The van der Waals surface area contributed by atoms with E-state index in [0.717, 1.165) is 0 Å². The van der Waals surface area contributed by atoms with Gasteiger partial charge in [0.05, 0.1) is 23.5 Å². The van der Waals surface area contributed by atoms with Gasteiger partial charge in [-0.05, 0) is 70.6 Å². The summed E-state index contributed by atoms with van der Waals surface area (Å²) in [5, 5.41) is 16.3. The Kier molecular flexibility index (Phi) is 9.68. The third-order valence-electron chi connectivity index (χ3n) is 11.0. The van der Waals surface area contributed by atoms with Gasteiger partial charge in [-0.25, -0.2) is 18.2 Å². The number of sulfonamides is 1. The summed E-state index contributed by atoms with van der Waals surface area (Å²) in [6.45, 7) is 5.83. The van der Waals surface area contributed by atoms with E-state index in [9.17, 15) is 32.7 Å². The quantitative estimate of drug-likeness (QED) is 0.300. The molecule has 7 rings (SSSR count). The summed E-state index contributed by atoms with van der Waals surface area (Å²) in [6, 6.07) is 2.72. The fourth-order valence-electron chi connectivity index (χ4n) is 7.42. The van der Waals surface area contributed by atoms with Crippen molar-refractivity contribution in [1.82, 2.24) is 25.2 Å². The molecule has 1 unspecified atom stereocenters. The van der Waals surface area contributed by atoms with E-state index in [4.69, 9.17) is 18.9 Å². The zero-order chi connectivity index (χ0) is 37.7. The molecule has 4 N–H and O–H groups in total. The Labute approximate surface area is 307 Å². The van der Waals surface area contributed by atoms with Crippen LogP contribution in [0.2, 0.25) is 0 Å². The molecule has 0 radical (unpaired) electrons. The van der Waals surface area contributed by atoms with Crippen LogP contribution in [-0.4, -0.2) is 108 Å². The minimum Gasteiger partial charge on any atom is -0.486 e. The first-order valence-electron chi connectivity index (χ1n) is 18.1. The number of benzene rings is 1. The van der Waals surface area contributed by atoms with Crippen molar-refractivity contribution in [3.05, 3.63) is 36.5 Å². The largest absolute Gasteiger partial charge is 0.486 e. The van der Waals surface area contributed by atoms with Gasteiger partial charge in [-0.2, -0.15) is 0 Å². The van der Waals surface area contributed by atoms with Gasteiger partial charge in [0, 0.05) is 29.3 Å². The first kappa shape index (κ1) is 36.7. The first-order chi connectivity index (χ1) is 25.2. The molecular weight excluding hydrogens is 710 g/mol. The minimum atomic E-state index is -4.02. The Morgan fingerprint density at radius 2 is 1.92 bits per heavy atom. The van der Waals surface area contributed by atoms with E-state index in [1.807, 2.05) is 13.0 Å². The van der Waals surface area contributed by atoms with Gasteiger partial charge in [-0.15, -0.1) is 0 Å². The van der Waals surface area contributed by atoms with Crippen molar-refractivity contribution in [2.45, 2.75) is 106 Å². The van der Waals surface area contributed by atoms with E-state index >= 15 is 0 Å². The van der Waals surface area contributed by atoms with Crippen LogP contribution in [0.1, 0.15) is 65.7 Å². The Morgan fingerprint density at radius 3 is 2.66 bits per heavy atom. The molecule has 16 nitrogen and oxygen atoms in total. The molecule has 1 saturated heterocycles. The average molecular weight is 756 g/mol. The topological polar surface area (TPSA) is 212 Å². The van der Waals surface area contributed by atoms with Gasteiger partial charge in [-0.3, -0.25) is 19.1 Å². The number of amides is 4. The number of carbonyl (C=O) groups excluding carboxylic acids is 3. The van der Waals surface area contributed by atoms with E-state index in [0.29, 0.717) is 61.2 Å². The molecule has 0 bridgehead atoms. The van der Waals surface area contributed by atoms with Crippen LogP contribution in [0.25, 0.3) is 10.8 Å². The summed E-state index contributed by atoms with van der Waals surface area (Å²) in [7, 11) is -4.02. The van der Waals surface area contributed by atoms with Crippen LogP contribution in [0.3, 0.4) is 0 Å². The standard InChI is InChI=1S/C36H45N5O11S/c1-4-26-28(38-34(45)46)32(43)41-19-22(52-31-24-9-10-27-29(50-16-15-49-27)23(24)11-14-37-31)17-25(41)30(42)39-36(18-21(36)8-6-5-7-20(2)51-26)33(44)40-53(47,48)35(3)12-13-35/h6,8-11,14,20-22,25-26,28,38H,4-5,7,12-13,15-19H2,1-3H3,(H,39,42)(H,40,44)(H,45,46)/b8-6-/t20-,21-,22-,25+,26+,28+,36?/m1/s1. The summed E-state index contributed by atoms with van der Waals surface area (Å²) in [6.07, 6.45) is 4.02. The summed E-state index contributed by atoms with van der Waals surface area (Å²) < 4.78 is 51.7. The molecule has 5 aliphatic rings. The molecule has 7 atom stereocenters. The van der Waals surface area contributed by atoms with E-state index in [1.165, 1.54) is 4.90 Å². The Bertz CT molecular complexity index is 1950. The lowest BCUT2D eigenvalue weighted by molar-refractivity contribution is -0.145. The smallest absolute Gasteiger partial charge is 0.405 e. The number of carbonyl (C=O) groups is 4. The zero-order valence-electron chi connectivity index (χ0n) is 29.8. The molecule has 2 saturated carbocycles. The Hall–Kier alpha value is -4.64. The number of ether oxygens (including phenoxy) is 4.